The van der Waals surface area contributed by atoms with Crippen LogP contribution < -0.4 is 9.62 Å². The Balaban J connectivity index is 1.98. The van der Waals surface area contributed by atoms with Gasteiger partial charge in [0, 0.05) is 5.69 Å². The van der Waals surface area contributed by atoms with E-state index in [1.807, 2.05) is 26.0 Å². The topological polar surface area (TPSA) is 95.2 Å². The Kier molecular flexibility index (Phi) is 6.68. The van der Waals surface area contributed by atoms with Crippen molar-refractivity contribution in [2.24, 2.45) is 0 Å². The Morgan fingerprint density at radius 2 is 1.78 bits per heavy atom. The van der Waals surface area contributed by atoms with E-state index in [0.717, 1.165) is 9.87 Å². The van der Waals surface area contributed by atoms with Gasteiger partial charge in [0.2, 0.25) is 5.91 Å². The lowest BCUT2D eigenvalue weighted by Crippen LogP contribution is -2.38. The molecule has 0 aliphatic heterocycles. The number of H-pyrrole nitrogens is 1. The highest BCUT2D eigenvalue weighted by Crippen LogP contribution is 2.28. The minimum atomic E-state index is -4.10. The maximum atomic E-state index is 13.9. The molecule has 2 aromatic carbocycles. The van der Waals surface area contributed by atoms with Gasteiger partial charge >= 0.3 is 0 Å². The van der Waals surface area contributed by atoms with Crippen LogP contribution >= 0.6 is 0 Å². The van der Waals surface area contributed by atoms with Crippen LogP contribution in [0.1, 0.15) is 42.3 Å². The second kappa shape index (κ2) is 9.12. The first-order valence-electron chi connectivity index (χ1n) is 10.2. The molecule has 0 fully saturated rings. The lowest BCUT2D eigenvalue weighted by molar-refractivity contribution is -0.114. The lowest BCUT2D eigenvalue weighted by Gasteiger charge is -2.24. The zero-order valence-corrected chi connectivity index (χ0v) is 19.5. The number of aromatic nitrogens is 2. The molecule has 170 valence electrons. The number of carbonyl (C=O) groups is 1. The fraction of sp³-hybridized carbons (Fsp3) is 0.304. The number of anilines is 2. The van der Waals surface area contributed by atoms with Crippen molar-refractivity contribution in [1.82, 2.24) is 10.2 Å². The molecule has 32 heavy (non-hydrogen) atoms. The van der Waals surface area contributed by atoms with E-state index in [4.69, 9.17) is 0 Å². The van der Waals surface area contributed by atoms with Crippen LogP contribution in [-0.2, 0) is 14.8 Å². The standard InChI is InChI=1S/C23H27FN4O3S/c1-14(2)18-7-10-20(11-8-18)28(32(30,31)23-16(4)26-27-17(23)5)13-22(29)25-19-9-6-15(3)21(24)12-19/h6-12,14H,13H2,1-5H3,(H,25,29)(H,26,27). The third kappa shape index (κ3) is 4.83. The summed E-state index contributed by atoms with van der Waals surface area (Å²) in [4.78, 5) is 12.8. The van der Waals surface area contributed by atoms with Gasteiger partial charge in [0.1, 0.15) is 17.3 Å². The summed E-state index contributed by atoms with van der Waals surface area (Å²) in [5.41, 5.74) is 2.78. The molecule has 1 heterocycles. The molecule has 0 spiro atoms. The number of halogens is 1. The number of rotatable bonds is 7. The summed E-state index contributed by atoms with van der Waals surface area (Å²) in [5, 5.41) is 9.25. The Labute approximate surface area is 187 Å². The monoisotopic (exact) mass is 458 g/mol. The molecule has 0 unspecified atom stereocenters. The molecule has 0 bridgehead atoms. The molecule has 0 saturated carbocycles. The lowest BCUT2D eigenvalue weighted by atomic mass is 10.0. The predicted octanol–water partition coefficient (Wildman–Crippen LogP) is 4.43. The van der Waals surface area contributed by atoms with Gasteiger partial charge in [-0.05, 0) is 62.1 Å². The molecule has 3 rings (SSSR count). The number of aryl methyl sites for hydroxylation is 3. The molecule has 1 amide bonds. The van der Waals surface area contributed by atoms with E-state index in [1.54, 1.807) is 45.0 Å². The van der Waals surface area contributed by atoms with Crippen molar-refractivity contribution in [2.75, 3.05) is 16.2 Å². The molecule has 7 nitrogen and oxygen atoms in total. The minimum Gasteiger partial charge on any atom is -0.324 e. The fourth-order valence-electron chi connectivity index (χ4n) is 3.37. The summed E-state index contributed by atoms with van der Waals surface area (Å²) in [6.45, 7) is 8.41. The van der Waals surface area contributed by atoms with Crippen LogP contribution in [0, 0.1) is 26.6 Å². The second-order valence-corrected chi connectivity index (χ2v) is 9.83. The molecular weight excluding hydrogens is 431 g/mol. The SMILES string of the molecule is Cc1ccc(NC(=O)CN(c2ccc(C(C)C)cc2)S(=O)(=O)c2c(C)n[nH]c2C)cc1F. The minimum absolute atomic E-state index is 0.0274. The summed E-state index contributed by atoms with van der Waals surface area (Å²) >= 11 is 0. The summed E-state index contributed by atoms with van der Waals surface area (Å²) in [7, 11) is -4.10. The number of hydrogen-bond acceptors (Lipinski definition) is 4. The first-order valence-corrected chi connectivity index (χ1v) is 11.6. The van der Waals surface area contributed by atoms with E-state index in [0.29, 0.717) is 22.6 Å². The van der Waals surface area contributed by atoms with E-state index in [1.165, 1.54) is 6.07 Å². The number of nitrogens with one attached hydrogen (secondary N) is 2. The molecule has 0 atom stereocenters. The third-order valence-corrected chi connectivity index (χ3v) is 7.24. The molecule has 0 aliphatic rings. The average Bonchev–Trinajstić information content (AvgIpc) is 3.07. The van der Waals surface area contributed by atoms with Gasteiger partial charge in [0.25, 0.3) is 10.0 Å². The average molecular weight is 459 g/mol. The highest BCUT2D eigenvalue weighted by molar-refractivity contribution is 7.93. The number of sulfonamides is 1. The van der Waals surface area contributed by atoms with Crippen molar-refractivity contribution in [3.8, 4) is 0 Å². The fourth-order valence-corrected chi connectivity index (χ4v) is 5.13. The molecule has 3 aromatic rings. The Bertz CT molecular complexity index is 1220. The van der Waals surface area contributed by atoms with Crippen LogP contribution in [0.15, 0.2) is 47.4 Å². The molecule has 0 aliphatic carbocycles. The zero-order valence-electron chi connectivity index (χ0n) is 18.7. The van der Waals surface area contributed by atoms with Gasteiger partial charge in [-0.3, -0.25) is 14.2 Å². The zero-order chi connectivity index (χ0) is 23.6. The van der Waals surface area contributed by atoms with Gasteiger partial charge in [0.15, 0.2) is 0 Å². The summed E-state index contributed by atoms with van der Waals surface area (Å²) < 4.78 is 42.0. The predicted molar refractivity (Wildman–Crippen MR) is 123 cm³/mol. The van der Waals surface area contributed by atoms with Crippen molar-refractivity contribution in [1.29, 1.82) is 0 Å². The van der Waals surface area contributed by atoms with E-state index in [-0.39, 0.29) is 16.5 Å². The summed E-state index contributed by atoms with van der Waals surface area (Å²) in [6.07, 6.45) is 0. The van der Waals surface area contributed by atoms with E-state index in [2.05, 4.69) is 15.5 Å². The number of carbonyl (C=O) groups excluding carboxylic acids is 1. The number of aromatic amines is 1. The summed E-state index contributed by atoms with van der Waals surface area (Å²) in [5.74, 6) is -0.781. The van der Waals surface area contributed by atoms with Gasteiger partial charge in [-0.15, -0.1) is 0 Å². The van der Waals surface area contributed by atoms with Crippen molar-refractivity contribution in [2.45, 2.75) is 45.4 Å². The molecule has 9 heteroatoms. The molecule has 1 aromatic heterocycles. The van der Waals surface area contributed by atoms with Gasteiger partial charge < -0.3 is 5.32 Å². The van der Waals surface area contributed by atoms with E-state index >= 15 is 0 Å². The maximum Gasteiger partial charge on any atom is 0.268 e. The third-order valence-electron chi connectivity index (χ3n) is 5.20. The smallest absolute Gasteiger partial charge is 0.268 e. The highest BCUT2D eigenvalue weighted by atomic mass is 32.2. The van der Waals surface area contributed by atoms with E-state index < -0.39 is 28.3 Å². The van der Waals surface area contributed by atoms with Crippen molar-refractivity contribution < 1.29 is 17.6 Å². The van der Waals surface area contributed by atoms with Crippen molar-refractivity contribution >= 4 is 27.3 Å². The number of benzene rings is 2. The quantitative estimate of drug-likeness (QED) is 0.547. The second-order valence-electron chi connectivity index (χ2n) is 8.03. The highest BCUT2D eigenvalue weighted by Gasteiger charge is 2.31. The Hall–Kier alpha value is -3.20. The molecule has 2 N–H and O–H groups in total. The Morgan fingerprint density at radius 1 is 1.12 bits per heavy atom. The molecule has 0 saturated heterocycles. The Morgan fingerprint density at radius 3 is 2.31 bits per heavy atom. The number of hydrogen-bond donors (Lipinski definition) is 2. The normalized spacial score (nSPS) is 11.6. The van der Waals surface area contributed by atoms with Gasteiger partial charge in [-0.1, -0.05) is 32.0 Å². The molecule has 0 radical (unpaired) electrons. The van der Waals surface area contributed by atoms with Crippen LogP contribution in [0.4, 0.5) is 15.8 Å². The largest absolute Gasteiger partial charge is 0.324 e. The van der Waals surface area contributed by atoms with Crippen molar-refractivity contribution in [3.63, 3.8) is 0 Å². The van der Waals surface area contributed by atoms with Gasteiger partial charge in [-0.25, -0.2) is 12.8 Å². The van der Waals surface area contributed by atoms with Gasteiger partial charge in [-0.2, -0.15) is 5.10 Å². The van der Waals surface area contributed by atoms with Gasteiger partial charge in [0.05, 0.1) is 17.1 Å². The van der Waals surface area contributed by atoms with Crippen LogP contribution in [-0.4, -0.2) is 31.1 Å². The van der Waals surface area contributed by atoms with Crippen LogP contribution in [0.2, 0.25) is 0 Å². The number of amides is 1. The van der Waals surface area contributed by atoms with Crippen LogP contribution in [0.5, 0.6) is 0 Å². The van der Waals surface area contributed by atoms with Crippen molar-refractivity contribution in [3.05, 3.63) is 70.8 Å². The van der Waals surface area contributed by atoms with E-state index in [9.17, 15) is 17.6 Å². The maximum absolute atomic E-state index is 13.9. The first kappa shape index (κ1) is 23.5. The molecular formula is C23H27FN4O3S. The van der Waals surface area contributed by atoms with Crippen LogP contribution in [0.25, 0.3) is 0 Å². The first-order chi connectivity index (χ1) is 15.0. The number of nitrogens with zero attached hydrogens (tertiary/aromatic N) is 2. The van der Waals surface area contributed by atoms with Crippen LogP contribution in [0.3, 0.4) is 0 Å². The summed E-state index contributed by atoms with van der Waals surface area (Å²) in [6, 6.07) is 11.3.